The molecule has 0 spiro atoms. The molecule has 106 valence electrons. The SMILES string of the molecule is CC1CCCCCC1NC(=O)c1cn(CCN)nn1. The zero-order valence-corrected chi connectivity index (χ0v) is 11.5. The van der Waals surface area contributed by atoms with Crippen LogP contribution in [0.4, 0.5) is 0 Å². The third kappa shape index (κ3) is 3.76. The quantitative estimate of drug-likeness (QED) is 0.793. The summed E-state index contributed by atoms with van der Waals surface area (Å²) >= 11 is 0. The third-order valence-corrected chi connectivity index (χ3v) is 3.81. The number of carbonyl (C=O) groups excluding carboxylic acids is 1. The van der Waals surface area contributed by atoms with Crippen LogP contribution in [-0.2, 0) is 6.54 Å². The van der Waals surface area contributed by atoms with E-state index in [-0.39, 0.29) is 11.9 Å². The lowest BCUT2D eigenvalue weighted by atomic mass is 9.97. The fourth-order valence-corrected chi connectivity index (χ4v) is 2.59. The van der Waals surface area contributed by atoms with E-state index in [0.29, 0.717) is 24.7 Å². The van der Waals surface area contributed by atoms with Crippen LogP contribution >= 0.6 is 0 Å². The first-order chi connectivity index (χ1) is 9.20. The van der Waals surface area contributed by atoms with Gasteiger partial charge in [-0.15, -0.1) is 5.10 Å². The van der Waals surface area contributed by atoms with Gasteiger partial charge in [-0.2, -0.15) is 0 Å². The summed E-state index contributed by atoms with van der Waals surface area (Å²) in [6.45, 7) is 3.28. The van der Waals surface area contributed by atoms with Gasteiger partial charge in [0.05, 0.1) is 12.7 Å². The highest BCUT2D eigenvalue weighted by molar-refractivity contribution is 5.92. The molecule has 0 aromatic carbocycles. The lowest BCUT2D eigenvalue weighted by Crippen LogP contribution is -2.39. The van der Waals surface area contributed by atoms with Gasteiger partial charge in [0.2, 0.25) is 0 Å². The fourth-order valence-electron chi connectivity index (χ4n) is 2.59. The molecule has 1 aliphatic rings. The zero-order chi connectivity index (χ0) is 13.7. The molecule has 1 aliphatic carbocycles. The summed E-state index contributed by atoms with van der Waals surface area (Å²) in [5.41, 5.74) is 5.82. The van der Waals surface area contributed by atoms with Gasteiger partial charge in [0.25, 0.3) is 5.91 Å². The fraction of sp³-hybridized carbons (Fsp3) is 0.769. The second-order valence-electron chi connectivity index (χ2n) is 5.35. The van der Waals surface area contributed by atoms with Gasteiger partial charge in [0.15, 0.2) is 5.69 Å². The first-order valence-electron chi connectivity index (χ1n) is 7.11. The molecule has 2 unspecified atom stereocenters. The van der Waals surface area contributed by atoms with Gasteiger partial charge in [-0.1, -0.05) is 31.4 Å². The van der Waals surface area contributed by atoms with Crippen molar-refractivity contribution in [3.63, 3.8) is 0 Å². The van der Waals surface area contributed by atoms with Crippen molar-refractivity contribution in [2.45, 2.75) is 51.6 Å². The summed E-state index contributed by atoms with van der Waals surface area (Å²) < 4.78 is 1.60. The van der Waals surface area contributed by atoms with Gasteiger partial charge in [0, 0.05) is 12.6 Å². The summed E-state index contributed by atoms with van der Waals surface area (Å²) in [6, 6.07) is 0.259. The molecule has 1 amide bonds. The van der Waals surface area contributed by atoms with Crippen molar-refractivity contribution in [1.29, 1.82) is 0 Å². The molecule has 6 nitrogen and oxygen atoms in total. The molecule has 0 radical (unpaired) electrons. The second-order valence-corrected chi connectivity index (χ2v) is 5.35. The molecule has 0 bridgehead atoms. The maximum Gasteiger partial charge on any atom is 0.273 e. The van der Waals surface area contributed by atoms with Crippen LogP contribution in [0.2, 0.25) is 0 Å². The van der Waals surface area contributed by atoms with Crippen LogP contribution in [0, 0.1) is 5.92 Å². The third-order valence-electron chi connectivity index (χ3n) is 3.81. The van der Waals surface area contributed by atoms with Gasteiger partial charge in [-0.25, -0.2) is 0 Å². The Balaban J connectivity index is 1.94. The highest BCUT2D eigenvalue weighted by Crippen LogP contribution is 2.23. The molecule has 1 saturated carbocycles. The standard InChI is InChI=1S/C13H23N5O/c1-10-5-3-2-4-6-11(10)15-13(19)12-9-18(8-7-14)17-16-12/h9-11H,2-8,14H2,1H3,(H,15,19). The van der Waals surface area contributed by atoms with E-state index in [2.05, 4.69) is 22.6 Å². The Morgan fingerprint density at radius 1 is 1.47 bits per heavy atom. The maximum absolute atomic E-state index is 12.1. The summed E-state index contributed by atoms with van der Waals surface area (Å²) in [5, 5.41) is 10.9. The van der Waals surface area contributed by atoms with Gasteiger partial charge in [-0.3, -0.25) is 9.48 Å². The van der Waals surface area contributed by atoms with Crippen molar-refractivity contribution in [3.8, 4) is 0 Å². The van der Waals surface area contributed by atoms with E-state index in [0.717, 1.165) is 6.42 Å². The highest BCUT2D eigenvalue weighted by Gasteiger charge is 2.23. The van der Waals surface area contributed by atoms with Gasteiger partial charge >= 0.3 is 0 Å². The number of amides is 1. The lowest BCUT2D eigenvalue weighted by Gasteiger charge is -2.22. The molecule has 6 heteroatoms. The van der Waals surface area contributed by atoms with Crippen LogP contribution < -0.4 is 11.1 Å². The van der Waals surface area contributed by atoms with Crippen LogP contribution in [0.15, 0.2) is 6.20 Å². The molecule has 19 heavy (non-hydrogen) atoms. The number of carbonyl (C=O) groups is 1. The number of aromatic nitrogens is 3. The Kier molecular flexibility index (Phi) is 4.90. The van der Waals surface area contributed by atoms with E-state index >= 15 is 0 Å². The normalized spacial score (nSPS) is 23.9. The van der Waals surface area contributed by atoms with E-state index in [9.17, 15) is 4.79 Å². The first-order valence-corrected chi connectivity index (χ1v) is 7.11. The van der Waals surface area contributed by atoms with E-state index < -0.39 is 0 Å². The Hall–Kier alpha value is -1.43. The molecule has 1 aromatic heterocycles. The number of rotatable bonds is 4. The highest BCUT2D eigenvalue weighted by atomic mass is 16.2. The van der Waals surface area contributed by atoms with E-state index in [4.69, 9.17) is 5.73 Å². The number of nitrogens with two attached hydrogens (primary N) is 1. The van der Waals surface area contributed by atoms with Gasteiger partial charge < -0.3 is 11.1 Å². The van der Waals surface area contributed by atoms with E-state index in [1.54, 1.807) is 10.9 Å². The maximum atomic E-state index is 12.1. The van der Waals surface area contributed by atoms with Crippen molar-refractivity contribution in [2.24, 2.45) is 11.7 Å². The molecule has 1 aromatic rings. The summed E-state index contributed by atoms with van der Waals surface area (Å²) in [7, 11) is 0. The van der Waals surface area contributed by atoms with E-state index in [1.165, 1.54) is 25.7 Å². The molecule has 1 heterocycles. The van der Waals surface area contributed by atoms with Gasteiger partial charge in [-0.05, 0) is 18.8 Å². The van der Waals surface area contributed by atoms with Crippen LogP contribution in [-0.4, -0.2) is 33.5 Å². The average Bonchev–Trinajstić information content (AvgIpc) is 2.77. The Morgan fingerprint density at radius 2 is 2.26 bits per heavy atom. The summed E-state index contributed by atoms with van der Waals surface area (Å²) in [4.78, 5) is 12.1. The Labute approximate surface area is 113 Å². The second kappa shape index (κ2) is 6.65. The average molecular weight is 265 g/mol. The predicted octanol–water partition coefficient (Wildman–Crippen LogP) is 0.935. The number of nitrogens with zero attached hydrogens (tertiary/aromatic N) is 3. The molecular weight excluding hydrogens is 242 g/mol. The van der Waals surface area contributed by atoms with Crippen LogP contribution in [0.1, 0.15) is 49.5 Å². The summed E-state index contributed by atoms with van der Waals surface area (Å²) in [6.07, 6.45) is 7.62. The predicted molar refractivity (Wildman–Crippen MR) is 72.6 cm³/mol. The molecule has 2 rings (SSSR count). The Morgan fingerprint density at radius 3 is 3.05 bits per heavy atom. The Bertz CT molecular complexity index is 417. The minimum Gasteiger partial charge on any atom is -0.348 e. The zero-order valence-electron chi connectivity index (χ0n) is 11.5. The van der Waals surface area contributed by atoms with Crippen molar-refractivity contribution >= 4 is 5.91 Å². The lowest BCUT2D eigenvalue weighted by molar-refractivity contribution is 0.0916. The van der Waals surface area contributed by atoms with Crippen molar-refractivity contribution in [3.05, 3.63) is 11.9 Å². The molecule has 0 aliphatic heterocycles. The molecule has 1 fully saturated rings. The smallest absolute Gasteiger partial charge is 0.273 e. The van der Waals surface area contributed by atoms with Crippen LogP contribution in [0.25, 0.3) is 0 Å². The van der Waals surface area contributed by atoms with Crippen molar-refractivity contribution in [2.75, 3.05) is 6.54 Å². The van der Waals surface area contributed by atoms with Gasteiger partial charge in [0.1, 0.15) is 0 Å². The number of hydrogen-bond donors (Lipinski definition) is 2. The van der Waals surface area contributed by atoms with Crippen LogP contribution in [0.3, 0.4) is 0 Å². The van der Waals surface area contributed by atoms with Crippen LogP contribution in [0.5, 0.6) is 0 Å². The minimum atomic E-state index is -0.123. The van der Waals surface area contributed by atoms with Crippen molar-refractivity contribution < 1.29 is 4.79 Å². The monoisotopic (exact) mass is 265 g/mol. The number of nitrogens with one attached hydrogen (secondary N) is 1. The molecule has 2 atom stereocenters. The number of hydrogen-bond acceptors (Lipinski definition) is 4. The van der Waals surface area contributed by atoms with Crippen molar-refractivity contribution in [1.82, 2.24) is 20.3 Å². The first kappa shape index (κ1) is 14.0. The largest absolute Gasteiger partial charge is 0.348 e. The van der Waals surface area contributed by atoms with E-state index in [1.807, 2.05) is 0 Å². The molecule has 3 N–H and O–H groups in total. The topological polar surface area (TPSA) is 85.8 Å². The molecule has 0 saturated heterocycles. The molecular formula is C13H23N5O. The minimum absolute atomic E-state index is 0.123. The summed E-state index contributed by atoms with van der Waals surface area (Å²) in [5.74, 6) is 0.410.